The molecule has 0 atom stereocenters. The minimum atomic E-state index is -3.76. The number of thiophene rings is 1. The van der Waals surface area contributed by atoms with Crippen LogP contribution in [0.15, 0.2) is 9.79 Å². The van der Waals surface area contributed by atoms with E-state index in [0.717, 1.165) is 116 Å². The molecule has 49 heavy (non-hydrogen) atoms. The molecule has 9 heteroatoms. The second kappa shape index (κ2) is 26.1. The summed E-state index contributed by atoms with van der Waals surface area (Å²) in [6.45, 7) is 18.0. The Hall–Kier alpha value is 1.20. The standard InChI is InChI=1S/C16H26O4S3.6C4H9.2Sn/c1-3-5-7-9-11-22(17,18)15-13-21-14-16(15)23(19,20)12-10-8-6-4-2;6*1-3-4-2;;/h3-12H2,1-2H3;6*1,3-4H2,2H3;;. The van der Waals surface area contributed by atoms with E-state index in [1.165, 1.54) is 32.4 Å². The number of unbranched alkanes of at least 4 members (excludes halogenated alkanes) is 12. The molecular formula is C40H80O4S3Sn2. The Morgan fingerprint density at radius 2 is 0.612 bits per heavy atom. The molecule has 0 fully saturated rings. The normalized spacial score (nSPS) is 13.1. The summed E-state index contributed by atoms with van der Waals surface area (Å²) in [5, 5.41) is 0. The van der Waals surface area contributed by atoms with Crippen LogP contribution in [0.2, 0.25) is 26.6 Å². The van der Waals surface area contributed by atoms with Gasteiger partial charge in [0.05, 0.1) is 0 Å². The summed E-state index contributed by atoms with van der Waals surface area (Å²) in [6, 6.07) is 0. The molecule has 1 heterocycles. The summed E-state index contributed by atoms with van der Waals surface area (Å²) in [4.78, 5) is 0.841. The van der Waals surface area contributed by atoms with E-state index in [1.54, 1.807) is 0 Å². The zero-order valence-electron chi connectivity index (χ0n) is 33.7. The van der Waals surface area contributed by atoms with E-state index in [1.807, 2.05) is 11.3 Å². The average Bonchev–Trinajstić information content (AvgIpc) is 3.53. The molecule has 0 aliphatic heterocycles. The van der Waals surface area contributed by atoms with Crippen molar-refractivity contribution in [2.75, 3.05) is 11.5 Å². The zero-order valence-corrected chi connectivity index (χ0v) is 41.8. The van der Waals surface area contributed by atoms with E-state index in [4.69, 9.17) is 0 Å². The van der Waals surface area contributed by atoms with Crippen LogP contribution in [-0.4, -0.2) is 65.1 Å². The summed E-state index contributed by atoms with van der Waals surface area (Å²) >= 11 is -4.92. The predicted molar refractivity (Wildman–Crippen MR) is 226 cm³/mol. The molecule has 1 rings (SSSR count). The van der Waals surface area contributed by atoms with E-state index >= 15 is 16.8 Å². The summed E-state index contributed by atoms with van der Waals surface area (Å²) < 4.78 is 69.8. The van der Waals surface area contributed by atoms with Gasteiger partial charge in [-0.15, -0.1) is 0 Å². The van der Waals surface area contributed by atoms with Gasteiger partial charge in [-0.25, -0.2) is 0 Å². The van der Waals surface area contributed by atoms with Gasteiger partial charge in [0.15, 0.2) is 0 Å². The summed E-state index contributed by atoms with van der Waals surface area (Å²) in [7, 11) is -7.52. The van der Waals surface area contributed by atoms with Gasteiger partial charge in [-0.2, -0.15) is 0 Å². The van der Waals surface area contributed by atoms with Crippen LogP contribution in [-0.2, 0) is 19.7 Å². The molecule has 0 N–H and O–H groups in total. The number of sulfone groups is 2. The summed E-state index contributed by atoms with van der Waals surface area (Å²) in [5.74, 6) is 0.209. The van der Waals surface area contributed by atoms with E-state index in [0.29, 0.717) is 22.6 Å². The fraction of sp³-hybridized carbons (Fsp3) is 0.900. The Morgan fingerprint density at radius 1 is 0.367 bits per heavy atom. The first-order valence-electron chi connectivity index (χ1n) is 21.1. The van der Waals surface area contributed by atoms with Crippen molar-refractivity contribution in [2.24, 2.45) is 0 Å². The molecule has 1 aromatic rings. The van der Waals surface area contributed by atoms with Crippen LogP contribution in [0.25, 0.3) is 0 Å². The van der Waals surface area contributed by atoms with Crippen molar-refractivity contribution in [3.8, 4) is 0 Å². The van der Waals surface area contributed by atoms with E-state index in [9.17, 15) is 0 Å². The van der Waals surface area contributed by atoms with Gasteiger partial charge in [-0.3, -0.25) is 0 Å². The maximum absolute atomic E-state index is 15.1. The Labute approximate surface area is 319 Å². The molecule has 0 saturated carbocycles. The SMILES string of the molecule is CCCCCCS(=O)(=O)c1[c]([Sn]([CH2]CCC)([CH2]CCC)[CH2]CCC)s[c]([Sn]([CH2]CCC)([CH2]CCC)[CH2]CCC)c1S(=O)(=O)CCCCCC. The number of hydrogen-bond donors (Lipinski definition) is 0. The van der Waals surface area contributed by atoms with Crippen molar-refractivity contribution >= 4 is 73.6 Å². The molecule has 0 radical (unpaired) electrons. The average molecular weight is 959 g/mol. The second-order valence-corrected chi connectivity index (χ2v) is 48.6. The molecule has 0 aliphatic carbocycles. The Morgan fingerprint density at radius 3 is 0.837 bits per heavy atom. The fourth-order valence-corrected chi connectivity index (χ4v) is 61.1. The Bertz CT molecular complexity index is 1090. The van der Waals surface area contributed by atoms with Crippen LogP contribution >= 0.6 is 11.3 Å². The van der Waals surface area contributed by atoms with Gasteiger partial charge in [0.25, 0.3) is 0 Å². The van der Waals surface area contributed by atoms with Crippen molar-refractivity contribution in [1.82, 2.24) is 0 Å². The second-order valence-electron chi connectivity index (χ2n) is 15.4. The predicted octanol–water partition coefficient (Wildman–Crippen LogP) is 12.6. The van der Waals surface area contributed by atoms with Crippen molar-refractivity contribution in [3.05, 3.63) is 0 Å². The summed E-state index contributed by atoms with van der Waals surface area (Å²) in [6.07, 6.45) is 20.7. The van der Waals surface area contributed by atoms with Gasteiger partial charge < -0.3 is 0 Å². The van der Waals surface area contributed by atoms with Gasteiger partial charge in [-0.05, 0) is 0 Å². The van der Waals surface area contributed by atoms with E-state index in [2.05, 4.69) is 55.4 Å². The molecule has 1 aromatic heterocycles. The van der Waals surface area contributed by atoms with Gasteiger partial charge >= 0.3 is 322 Å². The van der Waals surface area contributed by atoms with Crippen molar-refractivity contribution in [3.63, 3.8) is 0 Å². The van der Waals surface area contributed by atoms with Crippen LogP contribution in [0.5, 0.6) is 0 Å². The number of rotatable bonds is 32. The van der Waals surface area contributed by atoms with Crippen molar-refractivity contribution in [1.29, 1.82) is 0 Å². The zero-order chi connectivity index (χ0) is 36.8. The van der Waals surface area contributed by atoms with E-state index in [-0.39, 0.29) is 11.5 Å². The van der Waals surface area contributed by atoms with E-state index < -0.39 is 56.4 Å². The first-order chi connectivity index (χ1) is 23.5. The monoisotopic (exact) mass is 960 g/mol. The molecule has 0 aliphatic rings. The molecule has 0 bridgehead atoms. The Balaban J connectivity index is 4.55. The van der Waals surface area contributed by atoms with Crippen LogP contribution in [0.1, 0.15) is 184 Å². The van der Waals surface area contributed by atoms with Gasteiger partial charge in [-0.1, -0.05) is 0 Å². The molecule has 290 valence electrons. The quantitative estimate of drug-likeness (QED) is 0.0533. The molecule has 0 unspecified atom stereocenters. The third kappa shape index (κ3) is 15.1. The maximum atomic E-state index is 15.1. The minimum absolute atomic E-state index is 0.104. The van der Waals surface area contributed by atoms with Crippen LogP contribution < -0.4 is 5.79 Å². The van der Waals surface area contributed by atoms with Crippen molar-refractivity contribution in [2.45, 2.75) is 220 Å². The molecular weight excluding hydrogens is 878 g/mol. The van der Waals surface area contributed by atoms with Gasteiger partial charge in [0.2, 0.25) is 0 Å². The molecule has 0 saturated heterocycles. The summed E-state index contributed by atoms with van der Waals surface area (Å²) in [5.41, 5.74) is 0. The van der Waals surface area contributed by atoms with Gasteiger partial charge in [0.1, 0.15) is 0 Å². The molecule has 4 nitrogen and oxygen atoms in total. The Kier molecular flexibility index (Phi) is 25.7. The topological polar surface area (TPSA) is 68.3 Å². The number of hydrogen-bond acceptors (Lipinski definition) is 5. The van der Waals surface area contributed by atoms with Crippen LogP contribution in [0.3, 0.4) is 0 Å². The fourth-order valence-electron chi connectivity index (χ4n) is 7.83. The van der Waals surface area contributed by atoms with Gasteiger partial charge in [0, 0.05) is 0 Å². The third-order valence-electron chi connectivity index (χ3n) is 11.0. The first kappa shape index (κ1) is 48.2. The van der Waals surface area contributed by atoms with Crippen molar-refractivity contribution < 1.29 is 16.8 Å². The molecule has 0 spiro atoms. The first-order valence-corrected chi connectivity index (χ1v) is 40.2. The molecule has 0 aromatic carbocycles. The van der Waals surface area contributed by atoms with Crippen LogP contribution in [0.4, 0.5) is 0 Å². The molecule has 0 amide bonds. The third-order valence-corrected chi connectivity index (χ3v) is 53.9. The van der Waals surface area contributed by atoms with Crippen LogP contribution in [0, 0.1) is 0 Å².